The number of thiophene rings is 1. The Morgan fingerprint density at radius 2 is 0.907 bits per heavy atom. The van der Waals surface area contributed by atoms with E-state index in [4.69, 9.17) is 0 Å². The summed E-state index contributed by atoms with van der Waals surface area (Å²) in [5.74, 6) is 0. The van der Waals surface area contributed by atoms with E-state index in [0.29, 0.717) is 0 Å². The number of rotatable bonds is 6. The van der Waals surface area contributed by atoms with Crippen LogP contribution in [0.3, 0.4) is 0 Å². The standard InChI is InChI=1S/C52H33NS/c1-2-11-35(12-3-1)50-28-29-51(54-50)36-22-25-41(26-23-36)53(43-32-40-14-9-19-48-46-17-6-7-18-47(46)49(33-43)52(40)48)42-15-8-13-37(31-42)38-24-27-45-39(30-38)21-20-34-10-4-5-16-44(34)45/h1-33H. The monoisotopic (exact) mass is 703 g/mol. The predicted molar refractivity (Wildman–Crippen MR) is 232 cm³/mol. The summed E-state index contributed by atoms with van der Waals surface area (Å²) < 4.78 is 0. The number of anilines is 3. The molecule has 0 spiro atoms. The summed E-state index contributed by atoms with van der Waals surface area (Å²) in [6, 6.07) is 73.5. The number of benzene rings is 9. The molecular weight excluding hydrogens is 671 g/mol. The number of hydrogen-bond donors (Lipinski definition) is 0. The van der Waals surface area contributed by atoms with Crippen molar-refractivity contribution < 1.29 is 0 Å². The van der Waals surface area contributed by atoms with Crippen LogP contribution in [-0.2, 0) is 0 Å². The fourth-order valence-corrected chi connectivity index (χ4v) is 9.44. The third-order valence-electron chi connectivity index (χ3n) is 11.0. The van der Waals surface area contributed by atoms with Gasteiger partial charge in [0.25, 0.3) is 0 Å². The van der Waals surface area contributed by atoms with Crippen LogP contribution >= 0.6 is 11.3 Å². The molecule has 252 valence electrons. The zero-order valence-electron chi connectivity index (χ0n) is 29.4. The van der Waals surface area contributed by atoms with Crippen molar-refractivity contribution in [1.82, 2.24) is 0 Å². The highest BCUT2D eigenvalue weighted by atomic mass is 32.1. The third kappa shape index (κ3) is 5.07. The van der Waals surface area contributed by atoms with Crippen LogP contribution in [0, 0.1) is 0 Å². The molecule has 11 rings (SSSR count). The number of nitrogens with zero attached hydrogens (tertiary/aromatic N) is 1. The molecule has 0 saturated heterocycles. The summed E-state index contributed by atoms with van der Waals surface area (Å²) in [5, 5.41) is 7.68. The molecule has 10 aromatic rings. The lowest BCUT2D eigenvalue weighted by Gasteiger charge is -2.27. The summed E-state index contributed by atoms with van der Waals surface area (Å²) in [6.07, 6.45) is 0. The molecule has 1 nitrogen and oxygen atoms in total. The Balaban J connectivity index is 1.05. The Bertz CT molecular complexity index is 3040. The molecule has 0 saturated carbocycles. The first-order valence-corrected chi connectivity index (χ1v) is 19.3. The van der Waals surface area contributed by atoms with Gasteiger partial charge in [-0.25, -0.2) is 0 Å². The first-order chi connectivity index (χ1) is 26.7. The summed E-state index contributed by atoms with van der Waals surface area (Å²) >= 11 is 1.84. The Hall–Kier alpha value is -6.74. The largest absolute Gasteiger partial charge is 0.310 e. The van der Waals surface area contributed by atoms with Crippen LogP contribution in [0.15, 0.2) is 200 Å². The van der Waals surface area contributed by atoms with E-state index in [1.54, 1.807) is 0 Å². The molecule has 54 heavy (non-hydrogen) atoms. The fraction of sp³-hybridized carbons (Fsp3) is 0. The van der Waals surface area contributed by atoms with Crippen molar-refractivity contribution in [3.63, 3.8) is 0 Å². The average Bonchev–Trinajstić information content (AvgIpc) is 3.86. The quantitative estimate of drug-likeness (QED) is 0.156. The zero-order valence-corrected chi connectivity index (χ0v) is 30.2. The number of hydrogen-bond acceptors (Lipinski definition) is 2. The van der Waals surface area contributed by atoms with Crippen molar-refractivity contribution in [2.24, 2.45) is 0 Å². The van der Waals surface area contributed by atoms with Crippen LogP contribution < -0.4 is 4.90 Å². The maximum absolute atomic E-state index is 2.43. The minimum absolute atomic E-state index is 1.12. The molecule has 9 aromatic carbocycles. The van der Waals surface area contributed by atoms with Gasteiger partial charge in [-0.2, -0.15) is 0 Å². The minimum Gasteiger partial charge on any atom is -0.310 e. The lowest BCUT2D eigenvalue weighted by atomic mass is 9.97. The van der Waals surface area contributed by atoms with Gasteiger partial charge in [0.2, 0.25) is 0 Å². The highest BCUT2D eigenvalue weighted by molar-refractivity contribution is 7.18. The Morgan fingerprint density at radius 1 is 0.296 bits per heavy atom. The molecule has 1 heterocycles. The lowest BCUT2D eigenvalue weighted by Crippen LogP contribution is -2.10. The maximum Gasteiger partial charge on any atom is 0.0474 e. The fourth-order valence-electron chi connectivity index (χ4n) is 8.42. The molecule has 1 aliphatic carbocycles. The minimum atomic E-state index is 1.12. The molecule has 1 aliphatic rings. The molecular formula is C52H33NS. The molecule has 0 radical (unpaired) electrons. The zero-order chi connectivity index (χ0) is 35.6. The smallest absolute Gasteiger partial charge is 0.0474 e. The molecule has 1 aromatic heterocycles. The van der Waals surface area contributed by atoms with Gasteiger partial charge in [-0.3, -0.25) is 0 Å². The van der Waals surface area contributed by atoms with Gasteiger partial charge in [0.05, 0.1) is 0 Å². The van der Waals surface area contributed by atoms with Crippen LogP contribution in [0.4, 0.5) is 17.1 Å². The van der Waals surface area contributed by atoms with Gasteiger partial charge in [0, 0.05) is 26.8 Å². The van der Waals surface area contributed by atoms with Gasteiger partial charge in [-0.05, 0) is 131 Å². The Labute approximate surface area is 318 Å². The first-order valence-electron chi connectivity index (χ1n) is 18.5. The lowest BCUT2D eigenvalue weighted by molar-refractivity contribution is 1.29. The molecule has 0 bridgehead atoms. The molecule has 0 fully saturated rings. The van der Waals surface area contributed by atoms with Gasteiger partial charge < -0.3 is 4.90 Å². The van der Waals surface area contributed by atoms with Crippen LogP contribution in [0.25, 0.3) is 86.6 Å². The molecule has 0 unspecified atom stereocenters. The van der Waals surface area contributed by atoms with Crippen molar-refractivity contribution in [3.8, 4) is 54.3 Å². The second-order valence-electron chi connectivity index (χ2n) is 14.1. The van der Waals surface area contributed by atoms with E-state index in [1.807, 2.05) is 11.3 Å². The van der Waals surface area contributed by atoms with Gasteiger partial charge in [0.1, 0.15) is 0 Å². The van der Waals surface area contributed by atoms with Crippen LogP contribution in [0.2, 0.25) is 0 Å². The normalized spacial score (nSPS) is 11.7. The van der Waals surface area contributed by atoms with E-state index >= 15 is 0 Å². The van der Waals surface area contributed by atoms with Crippen molar-refractivity contribution in [1.29, 1.82) is 0 Å². The molecule has 0 aliphatic heterocycles. The Morgan fingerprint density at radius 3 is 1.76 bits per heavy atom. The van der Waals surface area contributed by atoms with Gasteiger partial charge in [-0.15, -0.1) is 11.3 Å². The van der Waals surface area contributed by atoms with Crippen molar-refractivity contribution >= 4 is 60.7 Å². The summed E-state index contributed by atoms with van der Waals surface area (Å²) in [7, 11) is 0. The predicted octanol–water partition coefficient (Wildman–Crippen LogP) is 15.3. The summed E-state index contributed by atoms with van der Waals surface area (Å²) in [4.78, 5) is 4.97. The second-order valence-corrected chi connectivity index (χ2v) is 15.2. The SMILES string of the molecule is c1ccc(-c2ccc(-c3ccc(N(c4cccc(-c5ccc6c(ccc7ccccc76)c5)c4)c4cc5c6c(cccc6c4)-c4ccccc4-5)cc3)s2)cc1. The van der Waals surface area contributed by atoms with Crippen LogP contribution in [-0.4, -0.2) is 0 Å². The molecule has 2 heteroatoms. The van der Waals surface area contributed by atoms with Crippen molar-refractivity contribution in [2.75, 3.05) is 4.90 Å². The van der Waals surface area contributed by atoms with E-state index in [9.17, 15) is 0 Å². The average molecular weight is 704 g/mol. The van der Waals surface area contributed by atoms with Gasteiger partial charge in [0.15, 0.2) is 0 Å². The highest BCUT2D eigenvalue weighted by Crippen LogP contribution is 2.50. The number of fused-ring (bicyclic) bond motifs is 6. The summed E-state index contributed by atoms with van der Waals surface area (Å²) in [5.41, 5.74) is 13.5. The van der Waals surface area contributed by atoms with Crippen molar-refractivity contribution in [2.45, 2.75) is 0 Å². The maximum atomic E-state index is 2.43. The van der Waals surface area contributed by atoms with Gasteiger partial charge in [-0.1, -0.05) is 146 Å². The first kappa shape index (κ1) is 30.8. The highest BCUT2D eigenvalue weighted by Gasteiger charge is 2.24. The molecule has 0 N–H and O–H groups in total. The van der Waals surface area contributed by atoms with Crippen LogP contribution in [0.5, 0.6) is 0 Å². The van der Waals surface area contributed by atoms with Crippen molar-refractivity contribution in [3.05, 3.63) is 200 Å². The topological polar surface area (TPSA) is 3.24 Å². The van der Waals surface area contributed by atoms with E-state index in [0.717, 1.165) is 17.1 Å². The van der Waals surface area contributed by atoms with E-state index < -0.39 is 0 Å². The van der Waals surface area contributed by atoms with E-state index in [1.165, 1.54) is 86.6 Å². The Kier molecular flexibility index (Phi) is 7.11. The van der Waals surface area contributed by atoms with E-state index in [2.05, 4.69) is 205 Å². The molecule has 0 atom stereocenters. The van der Waals surface area contributed by atoms with Crippen LogP contribution in [0.1, 0.15) is 0 Å². The van der Waals surface area contributed by atoms with E-state index in [-0.39, 0.29) is 0 Å². The molecule has 0 amide bonds. The van der Waals surface area contributed by atoms with Gasteiger partial charge >= 0.3 is 0 Å². The summed E-state index contributed by atoms with van der Waals surface area (Å²) in [6.45, 7) is 0. The second kappa shape index (κ2) is 12.4. The third-order valence-corrected chi connectivity index (χ3v) is 12.2.